The van der Waals surface area contributed by atoms with Gasteiger partial charge in [-0.2, -0.15) is 4.31 Å². The van der Waals surface area contributed by atoms with E-state index in [1.165, 1.54) is 10.4 Å². The number of benzene rings is 1. The van der Waals surface area contributed by atoms with Crippen LogP contribution in [0.1, 0.15) is 42.3 Å². The second kappa shape index (κ2) is 8.60. The Labute approximate surface area is 165 Å². The number of hydrogen-bond acceptors (Lipinski definition) is 6. The van der Waals surface area contributed by atoms with Crippen LogP contribution in [0.3, 0.4) is 0 Å². The second-order valence-electron chi connectivity index (χ2n) is 6.44. The summed E-state index contributed by atoms with van der Waals surface area (Å²) in [5.41, 5.74) is 6.81. The first-order chi connectivity index (χ1) is 12.4. The lowest BCUT2D eigenvalue weighted by molar-refractivity contribution is 0.0491. The van der Waals surface area contributed by atoms with Crippen molar-refractivity contribution in [3.63, 3.8) is 0 Å². The molecule has 0 amide bonds. The molecule has 1 aliphatic rings. The summed E-state index contributed by atoms with van der Waals surface area (Å²) in [5.74, 6) is -0.445. The smallest absolute Gasteiger partial charge is 0.374 e. The fourth-order valence-electron chi connectivity index (χ4n) is 3.41. The molecule has 1 atom stereocenters. The highest BCUT2D eigenvalue weighted by Gasteiger charge is 2.33. The van der Waals surface area contributed by atoms with Crippen molar-refractivity contribution in [1.82, 2.24) is 4.31 Å². The van der Waals surface area contributed by atoms with Crippen molar-refractivity contribution in [2.75, 3.05) is 19.7 Å². The van der Waals surface area contributed by atoms with Crippen LogP contribution in [-0.2, 0) is 14.8 Å². The molecule has 1 saturated heterocycles. The molecule has 9 heteroatoms. The first kappa shape index (κ1) is 21.7. The number of ether oxygens (including phenoxy) is 1. The van der Waals surface area contributed by atoms with Crippen molar-refractivity contribution >= 4 is 39.4 Å². The van der Waals surface area contributed by atoms with E-state index in [1.807, 2.05) is 0 Å². The Balaban J connectivity index is 0.00000261. The molecular formula is C18H25ClN2O5S. The van der Waals surface area contributed by atoms with E-state index in [0.29, 0.717) is 29.6 Å². The van der Waals surface area contributed by atoms with Crippen molar-refractivity contribution in [3.05, 3.63) is 29.5 Å². The third-order valence-corrected chi connectivity index (χ3v) is 6.77. The van der Waals surface area contributed by atoms with Crippen LogP contribution in [0.5, 0.6) is 0 Å². The standard InChI is InChI=1S/C18H24N2O5S.ClH/c1-3-24-18(21)17-12(2)15-10-14(7-8-16(15)25-17)26(22,23)20-9-5-4-6-13(20)11-19;/h7-8,10,13H,3-6,9,11,19H2,1-2H3;1H. The minimum Gasteiger partial charge on any atom is -0.460 e. The zero-order chi connectivity index (χ0) is 18.9. The van der Waals surface area contributed by atoms with Gasteiger partial charge in [0.15, 0.2) is 0 Å². The largest absolute Gasteiger partial charge is 0.460 e. The zero-order valence-electron chi connectivity index (χ0n) is 15.4. The molecule has 1 aliphatic heterocycles. The molecule has 0 bridgehead atoms. The summed E-state index contributed by atoms with van der Waals surface area (Å²) < 4.78 is 38.3. The normalized spacial score (nSPS) is 18.3. The number of esters is 1. The highest BCUT2D eigenvalue weighted by molar-refractivity contribution is 7.89. The maximum Gasteiger partial charge on any atom is 0.374 e. The van der Waals surface area contributed by atoms with Gasteiger partial charge in [-0.15, -0.1) is 12.4 Å². The lowest BCUT2D eigenvalue weighted by Crippen LogP contribution is -2.47. The summed E-state index contributed by atoms with van der Waals surface area (Å²) in [7, 11) is -3.66. The minimum atomic E-state index is -3.66. The molecule has 7 nitrogen and oxygen atoms in total. The second-order valence-corrected chi connectivity index (χ2v) is 8.33. The Morgan fingerprint density at radius 2 is 2.11 bits per heavy atom. The molecule has 1 unspecified atom stereocenters. The van der Waals surface area contributed by atoms with E-state index in [1.54, 1.807) is 26.0 Å². The number of rotatable bonds is 5. The molecule has 1 aromatic heterocycles. The first-order valence-electron chi connectivity index (χ1n) is 8.82. The molecule has 150 valence electrons. The number of aryl methyl sites for hydroxylation is 1. The molecule has 2 N–H and O–H groups in total. The number of nitrogens with zero attached hydrogens (tertiary/aromatic N) is 1. The van der Waals surface area contributed by atoms with Crippen molar-refractivity contribution in [1.29, 1.82) is 0 Å². The van der Waals surface area contributed by atoms with Gasteiger partial charge in [-0.05, 0) is 44.9 Å². The summed E-state index contributed by atoms with van der Waals surface area (Å²) in [6.07, 6.45) is 2.59. The zero-order valence-corrected chi connectivity index (χ0v) is 17.1. The molecule has 2 aromatic rings. The predicted molar refractivity (Wildman–Crippen MR) is 105 cm³/mol. The molecule has 0 radical (unpaired) electrons. The van der Waals surface area contributed by atoms with Crippen LogP contribution in [0.15, 0.2) is 27.5 Å². The van der Waals surface area contributed by atoms with Gasteiger partial charge < -0.3 is 14.9 Å². The molecule has 1 fully saturated rings. The van der Waals surface area contributed by atoms with Crippen molar-refractivity contribution < 1.29 is 22.4 Å². The molecule has 0 aliphatic carbocycles. The van der Waals surface area contributed by atoms with Crippen molar-refractivity contribution in [2.45, 2.75) is 44.0 Å². The third kappa shape index (κ3) is 3.99. The van der Waals surface area contributed by atoms with E-state index in [9.17, 15) is 13.2 Å². The summed E-state index contributed by atoms with van der Waals surface area (Å²) in [5, 5.41) is 0.593. The van der Waals surface area contributed by atoms with Gasteiger partial charge in [-0.25, -0.2) is 13.2 Å². The number of carbonyl (C=O) groups excluding carboxylic acids is 1. The molecule has 0 spiro atoms. The van der Waals surface area contributed by atoms with E-state index in [4.69, 9.17) is 14.9 Å². The van der Waals surface area contributed by atoms with Gasteiger partial charge in [0.2, 0.25) is 15.8 Å². The van der Waals surface area contributed by atoms with Crippen molar-refractivity contribution in [2.24, 2.45) is 5.73 Å². The fourth-order valence-corrected chi connectivity index (χ4v) is 5.14. The van der Waals surface area contributed by atoms with Gasteiger partial charge in [-0.1, -0.05) is 6.42 Å². The van der Waals surface area contributed by atoms with E-state index < -0.39 is 16.0 Å². The average molecular weight is 417 g/mol. The van der Waals surface area contributed by atoms with E-state index in [-0.39, 0.29) is 35.7 Å². The summed E-state index contributed by atoms with van der Waals surface area (Å²) in [6, 6.07) is 4.48. The van der Waals surface area contributed by atoms with Crippen LogP contribution in [0, 0.1) is 6.92 Å². The van der Waals surface area contributed by atoms with Crippen LogP contribution in [0.25, 0.3) is 11.0 Å². The SMILES string of the molecule is CCOC(=O)c1oc2ccc(S(=O)(=O)N3CCCCC3CN)cc2c1C.Cl. The topological polar surface area (TPSA) is 103 Å². The van der Waals surface area contributed by atoms with Crippen LogP contribution in [0.2, 0.25) is 0 Å². The average Bonchev–Trinajstić information content (AvgIpc) is 2.98. The number of carbonyl (C=O) groups is 1. The Morgan fingerprint density at radius 3 is 2.78 bits per heavy atom. The molecule has 27 heavy (non-hydrogen) atoms. The number of nitrogens with two attached hydrogens (primary N) is 1. The molecule has 3 rings (SSSR count). The highest BCUT2D eigenvalue weighted by atomic mass is 35.5. The number of fused-ring (bicyclic) bond motifs is 1. The van der Waals surface area contributed by atoms with Crippen LogP contribution in [-0.4, -0.2) is 44.4 Å². The molecule has 1 aromatic carbocycles. The number of halogens is 1. The fraction of sp³-hybridized carbons (Fsp3) is 0.500. The maximum atomic E-state index is 13.1. The summed E-state index contributed by atoms with van der Waals surface area (Å²) in [6.45, 7) is 4.45. The lowest BCUT2D eigenvalue weighted by atomic mass is 10.1. The van der Waals surface area contributed by atoms with Gasteiger partial charge >= 0.3 is 5.97 Å². The molecule has 2 heterocycles. The lowest BCUT2D eigenvalue weighted by Gasteiger charge is -2.33. The van der Waals surface area contributed by atoms with Crippen molar-refractivity contribution in [3.8, 4) is 0 Å². The maximum absolute atomic E-state index is 13.1. The first-order valence-corrected chi connectivity index (χ1v) is 10.3. The third-order valence-electron chi connectivity index (χ3n) is 4.82. The van der Waals surface area contributed by atoms with Gasteiger partial charge in [0, 0.05) is 30.1 Å². The Bertz CT molecular complexity index is 925. The van der Waals surface area contributed by atoms with Gasteiger partial charge in [0.05, 0.1) is 11.5 Å². The van der Waals surface area contributed by atoms with Crippen LogP contribution in [0.4, 0.5) is 0 Å². The quantitative estimate of drug-likeness (QED) is 0.751. The molecular weight excluding hydrogens is 392 g/mol. The highest BCUT2D eigenvalue weighted by Crippen LogP contribution is 2.31. The van der Waals surface area contributed by atoms with E-state index >= 15 is 0 Å². The van der Waals surface area contributed by atoms with Gasteiger partial charge in [0.1, 0.15) is 5.58 Å². The Hall–Kier alpha value is -1.61. The summed E-state index contributed by atoms with van der Waals surface area (Å²) in [4.78, 5) is 12.2. The monoisotopic (exact) mass is 416 g/mol. The number of furan rings is 1. The minimum absolute atomic E-state index is 0. The number of sulfonamides is 1. The van der Waals surface area contributed by atoms with Gasteiger partial charge in [0.25, 0.3) is 0 Å². The predicted octanol–water partition coefficient (Wildman–Crippen LogP) is 2.84. The Kier molecular flexibility index (Phi) is 6.91. The van der Waals surface area contributed by atoms with Gasteiger partial charge in [-0.3, -0.25) is 0 Å². The Morgan fingerprint density at radius 1 is 1.37 bits per heavy atom. The van der Waals surface area contributed by atoms with E-state index in [0.717, 1.165) is 19.3 Å². The number of hydrogen-bond donors (Lipinski definition) is 1. The summed E-state index contributed by atoms with van der Waals surface area (Å²) >= 11 is 0. The van der Waals surface area contributed by atoms with Crippen LogP contribution >= 0.6 is 12.4 Å². The number of piperidine rings is 1. The molecule has 0 saturated carbocycles. The van der Waals surface area contributed by atoms with Crippen LogP contribution < -0.4 is 5.73 Å². The van der Waals surface area contributed by atoms with E-state index in [2.05, 4.69) is 0 Å².